The van der Waals surface area contributed by atoms with Crippen LogP contribution in [0.15, 0.2) is 48.5 Å². The summed E-state index contributed by atoms with van der Waals surface area (Å²) < 4.78 is 279. The fourth-order valence-electron chi connectivity index (χ4n) is 16.5. The molecule has 4 fully saturated rings. The highest BCUT2D eigenvalue weighted by Crippen LogP contribution is 2.50. The van der Waals surface area contributed by atoms with Gasteiger partial charge in [-0.2, -0.15) is 0 Å². The first-order valence-corrected chi connectivity index (χ1v) is 42.2. The zero-order valence-corrected chi connectivity index (χ0v) is 74.4. The van der Waals surface area contributed by atoms with E-state index in [0.717, 1.165) is 6.07 Å². The summed E-state index contributed by atoms with van der Waals surface area (Å²) in [7, 11) is 2.83. The second kappa shape index (κ2) is 43.9. The summed E-state index contributed by atoms with van der Waals surface area (Å²) in [5, 5.41) is 0. The topological polar surface area (TPSA) is 296 Å². The monoisotopic (exact) mass is 1700 g/mol. The van der Waals surface area contributed by atoms with Gasteiger partial charge in [0, 0.05) is 148 Å². The Balaban J connectivity index is 0.000000215. The fraction of sp³-hybridized carbons (Fsp3) is 0.708. The molecular formula is C96H152N8O16. The van der Waals surface area contributed by atoms with Crippen LogP contribution in [0.25, 0.3) is 0 Å². The molecule has 0 spiro atoms. The normalized spacial score (nSPS) is 33.4. The zero-order valence-electron chi connectivity index (χ0n) is 99.4. The number of rotatable bonds is 28. The second-order valence-corrected chi connectivity index (χ2v) is 35.5. The molecule has 0 aromatic heterocycles. The Hall–Kier alpha value is -7.16. The maximum atomic E-state index is 12.9. The third-order valence-electron chi connectivity index (χ3n) is 23.5. The first kappa shape index (κ1) is 66.4. The minimum Gasteiger partial charge on any atom is -0.493 e. The van der Waals surface area contributed by atoms with Crippen molar-refractivity contribution in [2.45, 2.75) is 260 Å². The highest BCUT2D eigenvalue weighted by atomic mass is 16.6. The van der Waals surface area contributed by atoms with Gasteiger partial charge in [-0.15, -0.1) is 0 Å². The van der Waals surface area contributed by atoms with E-state index < -0.39 is 180 Å². The Morgan fingerprint density at radius 3 is 0.792 bits per heavy atom. The summed E-state index contributed by atoms with van der Waals surface area (Å²) in [5.74, 6) is -3.47. The number of nitrogens with two attached hydrogens (primary N) is 4. The summed E-state index contributed by atoms with van der Waals surface area (Å²) in [6, 6.07) is 5.08. The molecular weight excluding hydrogens is 1520 g/mol. The van der Waals surface area contributed by atoms with Crippen LogP contribution in [-0.2, 0) is 63.6 Å². The fourth-order valence-corrected chi connectivity index (χ4v) is 16.5. The maximum Gasteiger partial charge on any atom is 0.323 e. The molecule has 4 aromatic carbocycles. The van der Waals surface area contributed by atoms with Gasteiger partial charge in [0.05, 0.1) is 69.1 Å². The third-order valence-corrected chi connectivity index (χ3v) is 23.5. The number of carbonyl (C=O) groups excluding carboxylic acids is 4. The number of benzene rings is 4. The lowest BCUT2D eigenvalue weighted by molar-refractivity contribution is -0.161. The summed E-state index contributed by atoms with van der Waals surface area (Å²) >= 11 is 0. The number of aryl methyl sites for hydroxylation is 4. The number of nitrogens with zero attached hydrogens (tertiary/aromatic N) is 4. The van der Waals surface area contributed by atoms with Crippen molar-refractivity contribution in [1.29, 1.82) is 0 Å². The average Bonchev–Trinajstić information content (AvgIpc) is 0.714. The molecule has 0 radical (unpaired) electrons. The predicted molar refractivity (Wildman–Crippen MR) is 471 cm³/mol. The maximum absolute atomic E-state index is 12.9. The van der Waals surface area contributed by atoms with E-state index in [9.17, 15) is 23.3 Å². The minimum atomic E-state index is -2.84. The number of hydrogen-bond donors (Lipinski definition) is 4. The van der Waals surface area contributed by atoms with E-state index in [2.05, 4.69) is 0 Å². The van der Waals surface area contributed by atoms with Crippen molar-refractivity contribution in [2.75, 3.05) is 109 Å². The quantitative estimate of drug-likeness (QED) is 0.0303. The number of hydrogen-bond acceptors (Lipinski definition) is 24. The number of methoxy groups -OCH3 is 8. The molecule has 0 aliphatic carbocycles. The molecule has 12 rings (SSSR count). The van der Waals surface area contributed by atoms with Gasteiger partial charge in [-0.25, -0.2) is 0 Å². The van der Waals surface area contributed by atoms with Crippen LogP contribution < -0.4 is 60.8 Å². The molecule has 4 aromatic rings. The molecule has 8 aliphatic rings. The van der Waals surface area contributed by atoms with Crippen LogP contribution in [0.5, 0.6) is 46.0 Å². The summed E-state index contributed by atoms with van der Waals surface area (Å²) in [4.78, 5) is 57.3. The SMILES string of the molecule is [2H]C([2H])([2H])Oc1cc2c(cc1OC)C1CC(OC(=O)[C@@H](N)C(C)C)C(CC(C)C)CN1C([2H])([2H])C2([2H])[2H].[2H]C([2H])([2H])Oc1cc2c(cc1OC)C1CC([2H])(OC(=O)[C@@H](N)C(C)C)C(CC(C)C)CN1C([2H])([2H])C2([2H])[2H].[2H]C1(OC(=O)[C@@H](N)C(C)C)CC2c3cc(OC)c(OC)cc3C([2H])([2H])C([2H])([2H])N2CC1CC(C)C.[2H]C1(OC(=O)[C@@H](N)C(C)C)CC2c3cc(OC)c(OC)cc3C([2H])([2H])C([2H])([2H])N2CC1CC(C)C. The van der Waals surface area contributed by atoms with Crippen molar-refractivity contribution in [1.82, 2.24) is 19.6 Å². The molecule has 8 heterocycles. The largest absolute Gasteiger partial charge is 0.493 e. The molecule has 120 heavy (non-hydrogen) atoms. The number of carbonyl (C=O) groups is 4. The van der Waals surface area contributed by atoms with Gasteiger partial charge in [0.15, 0.2) is 46.0 Å². The van der Waals surface area contributed by atoms with Gasteiger partial charge in [-0.3, -0.25) is 38.8 Å². The molecule has 24 nitrogen and oxygen atoms in total. The van der Waals surface area contributed by atoms with Crippen molar-refractivity contribution in [3.63, 3.8) is 0 Å². The Labute approximate surface area is 753 Å². The summed E-state index contributed by atoms with van der Waals surface area (Å²) in [5.41, 5.74) is 26.0. The van der Waals surface area contributed by atoms with Crippen molar-refractivity contribution in [3.8, 4) is 46.0 Å². The lowest BCUT2D eigenvalue weighted by Crippen LogP contribution is -2.51. The molecule has 8 N–H and O–H groups in total. The number of esters is 4. The van der Waals surface area contributed by atoms with E-state index in [1.54, 1.807) is 26.0 Å². The van der Waals surface area contributed by atoms with Crippen molar-refractivity contribution in [3.05, 3.63) is 93.0 Å². The molecule has 16 atom stereocenters. The van der Waals surface area contributed by atoms with Crippen LogP contribution in [0.3, 0.4) is 0 Å². The lowest BCUT2D eigenvalue weighted by Gasteiger charge is -2.47. The van der Waals surface area contributed by atoms with E-state index in [4.69, 9.17) is 110 Å². The van der Waals surface area contributed by atoms with Crippen LogP contribution in [0.4, 0.5) is 0 Å². The molecule has 672 valence electrons. The Kier molecular flexibility index (Phi) is 24.3. The molecule has 0 saturated carbocycles. The molecule has 24 heteroatoms. The van der Waals surface area contributed by atoms with Gasteiger partial charge in [0.2, 0.25) is 0 Å². The first-order valence-electron chi connectivity index (χ1n) is 54.7. The lowest BCUT2D eigenvalue weighted by atomic mass is 9.79. The van der Waals surface area contributed by atoms with Crippen molar-refractivity contribution >= 4 is 23.9 Å². The minimum absolute atomic E-state index is 0.0231. The van der Waals surface area contributed by atoms with Crippen molar-refractivity contribution < 1.29 is 110 Å². The standard InChI is InChI=1S/4C24H38N2O4/c4*1-14(2)9-17-13-26-8-7-16-10-21(28-5)22(29-6)11-18(16)19(26)12-20(17)30-24(27)23(25)15(3)4/h4*10-11,14-15,17,19-20,23H,7-9,12-13,25H2,1-6H3/t4*17?,19?,20?,23-/m0000/s1/i5D3,7D2,8D2,20D;2*7D2,8D2,20D;5D3,7D2,8D2. The van der Waals surface area contributed by atoms with E-state index >= 15 is 0 Å². The molecule has 0 amide bonds. The molecule has 0 bridgehead atoms. The number of piperidine rings is 4. The number of fused-ring (bicyclic) bond motifs is 12. The third kappa shape index (κ3) is 23.8. The molecule has 4 saturated heterocycles. The van der Waals surface area contributed by atoms with Crippen LogP contribution in [-0.4, -0.2) is 201 Å². The average molecular weight is 1700 g/mol. The van der Waals surface area contributed by atoms with Gasteiger partial charge in [-0.1, -0.05) is 111 Å². The second-order valence-electron chi connectivity index (χ2n) is 35.5. The van der Waals surface area contributed by atoms with Crippen LogP contribution in [0, 0.1) is 71.0 Å². The first-order chi connectivity index (χ1) is 66.3. The smallest absolute Gasteiger partial charge is 0.323 e. The predicted octanol–water partition coefficient (Wildman–Crippen LogP) is 14.3. The van der Waals surface area contributed by atoms with Gasteiger partial charge in [-0.05, 0) is 192 Å². The van der Waals surface area contributed by atoms with E-state index in [1.807, 2.05) is 96.9 Å². The van der Waals surface area contributed by atoms with Gasteiger partial charge >= 0.3 is 23.9 Å². The van der Waals surface area contributed by atoms with E-state index in [-0.39, 0.29) is 150 Å². The highest BCUT2D eigenvalue weighted by molar-refractivity contribution is 5.77. The Morgan fingerprint density at radius 2 is 0.558 bits per heavy atom. The Bertz CT molecular complexity index is 5060. The van der Waals surface area contributed by atoms with E-state index in [1.165, 1.54) is 92.6 Å². The van der Waals surface area contributed by atoms with Gasteiger partial charge in [0.25, 0.3) is 0 Å². The Morgan fingerprint density at radius 1 is 0.342 bits per heavy atom. The summed E-state index contributed by atoms with van der Waals surface area (Å²) in [6.07, 6.45) is -13.3. The van der Waals surface area contributed by atoms with Crippen LogP contribution in [0.1, 0.15) is 265 Å². The van der Waals surface area contributed by atoms with E-state index in [0.29, 0.717) is 70.9 Å². The van der Waals surface area contributed by atoms with Crippen LogP contribution >= 0.6 is 0 Å². The molecule has 8 aliphatic heterocycles. The van der Waals surface area contributed by atoms with Gasteiger partial charge < -0.3 is 79.8 Å². The molecule has 12 unspecified atom stereocenters. The van der Waals surface area contributed by atoms with Gasteiger partial charge in [0.1, 0.15) is 48.5 Å². The zero-order chi connectivity index (χ0) is 110. The number of ether oxygens (including phenoxy) is 12. The van der Waals surface area contributed by atoms with Crippen molar-refractivity contribution in [2.24, 2.45) is 93.9 Å². The summed E-state index contributed by atoms with van der Waals surface area (Å²) in [6.45, 7) is 20.9. The highest BCUT2D eigenvalue weighted by Gasteiger charge is 2.47. The van der Waals surface area contributed by atoms with Crippen LogP contribution in [0.2, 0.25) is 0 Å².